The van der Waals surface area contributed by atoms with Crippen LogP contribution in [-0.4, -0.2) is 29.8 Å². The summed E-state index contributed by atoms with van der Waals surface area (Å²) in [6.45, 7) is 4.35. The fourth-order valence-corrected chi connectivity index (χ4v) is 0.776. The smallest absolute Gasteiger partial charge is 0.324 e. The lowest BCUT2D eigenvalue weighted by molar-refractivity contribution is 0.406. The lowest BCUT2D eigenvalue weighted by Crippen LogP contribution is -2.35. The molecule has 0 bridgehead atoms. The highest BCUT2D eigenvalue weighted by molar-refractivity contribution is 5.24. The summed E-state index contributed by atoms with van der Waals surface area (Å²) in [7, 11) is 1.88. The fourth-order valence-electron chi connectivity index (χ4n) is 0.776. The summed E-state index contributed by atoms with van der Waals surface area (Å²) < 4.78 is 4.96. The van der Waals surface area contributed by atoms with Crippen LogP contribution in [-0.2, 0) is 0 Å². The molecule has 1 heterocycles. The van der Waals surface area contributed by atoms with Gasteiger partial charge in [-0.05, 0) is 13.8 Å². The van der Waals surface area contributed by atoms with Crippen LogP contribution in [0.15, 0.2) is 4.52 Å². The standard InChI is InChI=1S/C7H14N4O/c1-5(4-8)11(3)7-9-6(2)10-12-7/h5H,4,8H2,1-3H3. The molecule has 5 heteroatoms. The molecule has 1 aromatic heterocycles. The number of hydrogen-bond acceptors (Lipinski definition) is 5. The zero-order chi connectivity index (χ0) is 9.14. The molecule has 12 heavy (non-hydrogen) atoms. The van der Waals surface area contributed by atoms with E-state index in [0.717, 1.165) is 0 Å². The number of aromatic nitrogens is 2. The van der Waals surface area contributed by atoms with Crippen molar-refractivity contribution in [3.8, 4) is 0 Å². The maximum absolute atomic E-state index is 5.49. The van der Waals surface area contributed by atoms with Crippen LogP contribution in [0.4, 0.5) is 6.01 Å². The Balaban J connectivity index is 2.70. The van der Waals surface area contributed by atoms with Gasteiger partial charge in [0.25, 0.3) is 0 Å². The van der Waals surface area contributed by atoms with Crippen LogP contribution in [0.2, 0.25) is 0 Å². The SMILES string of the molecule is Cc1noc(N(C)C(C)CN)n1. The minimum atomic E-state index is 0.213. The third-order valence-electron chi connectivity index (χ3n) is 1.82. The van der Waals surface area contributed by atoms with Crippen LogP contribution >= 0.6 is 0 Å². The van der Waals surface area contributed by atoms with Gasteiger partial charge in [-0.15, -0.1) is 0 Å². The molecule has 0 fully saturated rings. The zero-order valence-electron chi connectivity index (χ0n) is 7.61. The molecule has 0 aliphatic heterocycles. The first-order valence-corrected chi connectivity index (χ1v) is 3.88. The molecule has 0 aliphatic rings. The highest BCUT2D eigenvalue weighted by Gasteiger charge is 2.13. The lowest BCUT2D eigenvalue weighted by Gasteiger charge is -2.20. The van der Waals surface area contributed by atoms with Gasteiger partial charge in [-0.1, -0.05) is 5.16 Å². The number of nitrogens with two attached hydrogens (primary N) is 1. The van der Waals surface area contributed by atoms with Gasteiger partial charge in [0.2, 0.25) is 0 Å². The van der Waals surface area contributed by atoms with Crippen LogP contribution in [0.5, 0.6) is 0 Å². The Bertz CT molecular complexity index is 247. The van der Waals surface area contributed by atoms with E-state index in [2.05, 4.69) is 10.1 Å². The predicted octanol–water partition coefficient (Wildman–Crippen LogP) is 0.161. The minimum Gasteiger partial charge on any atom is -0.328 e. The van der Waals surface area contributed by atoms with Gasteiger partial charge in [0.05, 0.1) is 0 Å². The first kappa shape index (κ1) is 8.99. The highest BCUT2D eigenvalue weighted by Crippen LogP contribution is 2.10. The average Bonchev–Trinajstić information content (AvgIpc) is 2.49. The number of likely N-dealkylation sites (N-methyl/N-ethyl adjacent to an activating group) is 1. The normalized spacial score (nSPS) is 13.0. The topological polar surface area (TPSA) is 68.2 Å². The Hall–Kier alpha value is -1.10. The molecule has 0 saturated heterocycles. The first-order valence-electron chi connectivity index (χ1n) is 3.88. The zero-order valence-corrected chi connectivity index (χ0v) is 7.61. The van der Waals surface area contributed by atoms with Crippen molar-refractivity contribution >= 4 is 6.01 Å². The van der Waals surface area contributed by atoms with Gasteiger partial charge in [0.1, 0.15) is 0 Å². The van der Waals surface area contributed by atoms with E-state index in [1.165, 1.54) is 0 Å². The van der Waals surface area contributed by atoms with Crippen molar-refractivity contribution in [2.75, 3.05) is 18.5 Å². The summed E-state index contributed by atoms with van der Waals surface area (Å²) in [6.07, 6.45) is 0. The van der Waals surface area contributed by atoms with Crippen molar-refractivity contribution < 1.29 is 4.52 Å². The molecule has 1 atom stereocenters. The Kier molecular flexibility index (Phi) is 2.65. The van der Waals surface area contributed by atoms with Crippen molar-refractivity contribution in [3.63, 3.8) is 0 Å². The molecule has 0 amide bonds. The van der Waals surface area contributed by atoms with Crippen molar-refractivity contribution in [1.82, 2.24) is 10.1 Å². The summed E-state index contributed by atoms with van der Waals surface area (Å²) >= 11 is 0. The van der Waals surface area contributed by atoms with Crippen molar-refractivity contribution in [2.45, 2.75) is 19.9 Å². The second-order valence-electron chi connectivity index (χ2n) is 2.82. The number of hydrogen-bond donors (Lipinski definition) is 1. The van der Waals surface area contributed by atoms with Crippen molar-refractivity contribution in [3.05, 3.63) is 5.82 Å². The Morgan fingerprint density at radius 1 is 1.67 bits per heavy atom. The third-order valence-corrected chi connectivity index (χ3v) is 1.82. The molecule has 68 valence electrons. The van der Waals surface area contributed by atoms with E-state index in [9.17, 15) is 0 Å². The maximum Gasteiger partial charge on any atom is 0.324 e. The molecular weight excluding hydrogens is 156 g/mol. The summed E-state index contributed by atoms with van der Waals surface area (Å²) in [4.78, 5) is 5.93. The molecule has 0 aromatic carbocycles. The van der Waals surface area contributed by atoms with Crippen LogP contribution in [0.25, 0.3) is 0 Å². The number of nitrogens with zero attached hydrogens (tertiary/aromatic N) is 3. The fraction of sp³-hybridized carbons (Fsp3) is 0.714. The molecular formula is C7H14N4O. The van der Waals surface area contributed by atoms with Crippen molar-refractivity contribution in [1.29, 1.82) is 0 Å². The molecule has 1 unspecified atom stereocenters. The summed E-state index contributed by atoms with van der Waals surface area (Å²) in [5, 5.41) is 3.69. The van der Waals surface area contributed by atoms with E-state index in [1.54, 1.807) is 6.92 Å². The van der Waals surface area contributed by atoms with Crippen LogP contribution in [0, 0.1) is 6.92 Å². The van der Waals surface area contributed by atoms with E-state index in [4.69, 9.17) is 10.3 Å². The predicted molar refractivity (Wildman–Crippen MR) is 46.0 cm³/mol. The second kappa shape index (κ2) is 3.53. The van der Waals surface area contributed by atoms with Crippen LogP contribution in [0.1, 0.15) is 12.7 Å². The summed E-state index contributed by atoms with van der Waals surface area (Å²) in [5.41, 5.74) is 5.49. The molecule has 0 spiro atoms. The van der Waals surface area contributed by atoms with Crippen LogP contribution in [0.3, 0.4) is 0 Å². The lowest BCUT2D eigenvalue weighted by atomic mass is 10.3. The number of aryl methyl sites for hydroxylation is 1. The molecule has 1 aromatic rings. The van der Waals surface area contributed by atoms with Gasteiger partial charge in [-0.25, -0.2) is 0 Å². The number of anilines is 1. The maximum atomic E-state index is 5.49. The summed E-state index contributed by atoms with van der Waals surface area (Å²) in [6, 6.07) is 0.732. The Morgan fingerprint density at radius 2 is 2.33 bits per heavy atom. The molecule has 5 nitrogen and oxygen atoms in total. The highest BCUT2D eigenvalue weighted by atomic mass is 16.5. The van der Waals surface area contributed by atoms with E-state index in [-0.39, 0.29) is 6.04 Å². The Labute approximate surface area is 71.5 Å². The third kappa shape index (κ3) is 1.73. The molecule has 0 saturated carbocycles. The Morgan fingerprint density at radius 3 is 2.75 bits per heavy atom. The quantitative estimate of drug-likeness (QED) is 0.700. The minimum absolute atomic E-state index is 0.213. The van der Waals surface area contributed by atoms with Gasteiger partial charge < -0.3 is 15.2 Å². The van der Waals surface area contributed by atoms with Gasteiger partial charge in [-0.3, -0.25) is 0 Å². The van der Waals surface area contributed by atoms with E-state index < -0.39 is 0 Å². The monoisotopic (exact) mass is 170 g/mol. The first-order chi connectivity index (χ1) is 5.65. The molecule has 0 aliphatic carbocycles. The van der Waals surface area contributed by atoms with Crippen LogP contribution < -0.4 is 10.6 Å². The molecule has 0 radical (unpaired) electrons. The van der Waals surface area contributed by atoms with Crippen molar-refractivity contribution in [2.24, 2.45) is 5.73 Å². The second-order valence-corrected chi connectivity index (χ2v) is 2.82. The van der Waals surface area contributed by atoms with E-state index in [1.807, 2.05) is 18.9 Å². The van der Waals surface area contributed by atoms with E-state index >= 15 is 0 Å². The molecule has 1 rings (SSSR count). The number of rotatable bonds is 3. The van der Waals surface area contributed by atoms with Gasteiger partial charge >= 0.3 is 6.01 Å². The van der Waals surface area contributed by atoms with Gasteiger partial charge in [0, 0.05) is 19.6 Å². The largest absolute Gasteiger partial charge is 0.328 e. The van der Waals surface area contributed by atoms with E-state index in [0.29, 0.717) is 18.4 Å². The molecule has 2 N–H and O–H groups in total. The van der Waals surface area contributed by atoms with Gasteiger partial charge in [0.15, 0.2) is 5.82 Å². The van der Waals surface area contributed by atoms with Gasteiger partial charge in [-0.2, -0.15) is 4.98 Å². The summed E-state index contributed by atoms with van der Waals surface area (Å²) in [5.74, 6) is 0.640. The average molecular weight is 170 g/mol.